The van der Waals surface area contributed by atoms with Crippen LogP contribution in [0, 0.1) is 5.92 Å². The van der Waals surface area contributed by atoms with E-state index in [1.807, 2.05) is 12.1 Å². The highest BCUT2D eigenvalue weighted by Gasteiger charge is 2.24. The fraction of sp³-hybridized carbons (Fsp3) is 0.389. The molecule has 2 aromatic rings. The fourth-order valence-corrected chi connectivity index (χ4v) is 3.82. The van der Waals surface area contributed by atoms with Crippen LogP contribution in [0.25, 0.3) is 0 Å². The lowest BCUT2D eigenvalue weighted by Gasteiger charge is -2.15. The number of anilines is 1. The first-order valence-corrected chi connectivity index (χ1v) is 10.6. The van der Waals surface area contributed by atoms with E-state index in [-0.39, 0.29) is 35.4 Å². The van der Waals surface area contributed by atoms with Gasteiger partial charge in [0.25, 0.3) is 5.82 Å². The molecule has 0 aliphatic carbocycles. The largest absolute Gasteiger partial charge is 0.460 e. The number of benzene rings is 1. The van der Waals surface area contributed by atoms with E-state index in [1.54, 1.807) is 13.0 Å². The zero-order valence-electron chi connectivity index (χ0n) is 15.8. The Morgan fingerprint density at radius 2 is 2.10 bits per heavy atom. The van der Waals surface area contributed by atoms with Crippen LogP contribution in [0.4, 0.5) is 5.13 Å². The van der Waals surface area contributed by atoms with E-state index in [2.05, 4.69) is 14.7 Å². The summed E-state index contributed by atoms with van der Waals surface area (Å²) in [7, 11) is 0. The van der Waals surface area contributed by atoms with E-state index in [0.29, 0.717) is 23.7 Å². The Hall–Kier alpha value is -2.66. The number of carbonyl (C=O) groups is 3. The molecule has 1 unspecified atom stereocenters. The molecule has 1 aromatic heterocycles. The molecule has 2 heterocycles. The molecule has 1 aliphatic rings. The van der Waals surface area contributed by atoms with Gasteiger partial charge in [-0.3, -0.25) is 9.59 Å². The highest BCUT2D eigenvalue weighted by molar-refractivity contribution is 8.13. The molecule has 0 saturated carbocycles. The third-order valence-corrected chi connectivity index (χ3v) is 5.50. The van der Waals surface area contributed by atoms with Gasteiger partial charge in [0.05, 0.1) is 12.5 Å². The van der Waals surface area contributed by atoms with Crippen molar-refractivity contribution >= 4 is 45.4 Å². The molecule has 0 radical (unpaired) electrons. The number of rotatable bonds is 8. The Kier molecular flexibility index (Phi) is 7.04. The minimum Gasteiger partial charge on any atom is -0.460 e. The third-order valence-electron chi connectivity index (χ3n) is 3.89. The quantitative estimate of drug-likeness (QED) is 0.622. The zero-order chi connectivity index (χ0) is 20.8. The number of thioether (sulfide) groups is 1. The van der Waals surface area contributed by atoms with Gasteiger partial charge in [-0.15, -0.1) is 0 Å². The number of aromatic nitrogens is 2. The molecular formula is C18H19N3O6S2. The predicted octanol–water partition coefficient (Wildman–Crippen LogP) is 2.52. The van der Waals surface area contributed by atoms with Crippen LogP contribution in [0.3, 0.4) is 0 Å². The maximum atomic E-state index is 12.8. The van der Waals surface area contributed by atoms with Gasteiger partial charge in [0.2, 0.25) is 17.8 Å². The van der Waals surface area contributed by atoms with E-state index >= 15 is 0 Å². The second-order valence-corrected chi connectivity index (χ2v) is 7.97. The molecular weight excluding hydrogens is 418 g/mol. The second-order valence-electron chi connectivity index (χ2n) is 6.02. The molecule has 11 heteroatoms. The molecule has 1 amide bonds. The fourth-order valence-electron chi connectivity index (χ4n) is 2.56. The van der Waals surface area contributed by atoms with Crippen molar-refractivity contribution < 1.29 is 28.6 Å². The predicted molar refractivity (Wildman–Crippen MR) is 107 cm³/mol. The molecule has 29 heavy (non-hydrogen) atoms. The van der Waals surface area contributed by atoms with Crippen molar-refractivity contribution in [2.45, 2.75) is 20.3 Å². The lowest BCUT2D eigenvalue weighted by molar-refractivity contribution is -0.119. The number of ether oxygens (including phenoxy) is 3. The van der Waals surface area contributed by atoms with Gasteiger partial charge >= 0.3 is 5.97 Å². The van der Waals surface area contributed by atoms with Crippen molar-refractivity contribution in [2.24, 2.45) is 5.92 Å². The molecule has 0 saturated heterocycles. The number of nitrogens with one attached hydrogen (secondary N) is 1. The van der Waals surface area contributed by atoms with E-state index in [9.17, 15) is 14.4 Å². The van der Waals surface area contributed by atoms with E-state index in [4.69, 9.17) is 14.2 Å². The summed E-state index contributed by atoms with van der Waals surface area (Å²) in [5.41, 5.74) is 0.878. The van der Waals surface area contributed by atoms with Gasteiger partial charge in [0.1, 0.15) is 0 Å². The number of carbonyl (C=O) groups excluding carboxylic acids is 3. The van der Waals surface area contributed by atoms with Crippen molar-refractivity contribution in [1.29, 1.82) is 0 Å². The number of hydrogen-bond acceptors (Lipinski definition) is 10. The summed E-state index contributed by atoms with van der Waals surface area (Å²) in [6.07, 6.45) is 0.395. The number of nitrogens with zero attached hydrogens (tertiary/aromatic N) is 2. The minimum atomic E-state index is -0.645. The molecule has 154 valence electrons. The summed E-state index contributed by atoms with van der Waals surface area (Å²) in [4.78, 5) is 39.9. The van der Waals surface area contributed by atoms with Gasteiger partial charge in [0, 0.05) is 24.2 Å². The molecule has 1 aromatic carbocycles. The smallest absolute Gasteiger partial charge is 0.377 e. The maximum absolute atomic E-state index is 12.8. The maximum Gasteiger partial charge on any atom is 0.377 e. The van der Waals surface area contributed by atoms with Crippen LogP contribution in [0.15, 0.2) is 18.2 Å². The molecule has 1 N–H and O–H groups in total. The van der Waals surface area contributed by atoms with Gasteiger partial charge in [-0.1, -0.05) is 17.8 Å². The van der Waals surface area contributed by atoms with Crippen LogP contribution in [0.5, 0.6) is 11.5 Å². The summed E-state index contributed by atoms with van der Waals surface area (Å²) < 4.78 is 19.4. The van der Waals surface area contributed by atoms with Crippen LogP contribution >= 0.6 is 23.3 Å². The highest BCUT2D eigenvalue weighted by atomic mass is 32.2. The molecule has 3 rings (SSSR count). The van der Waals surface area contributed by atoms with Crippen LogP contribution in [0.1, 0.15) is 30.0 Å². The number of amides is 1. The van der Waals surface area contributed by atoms with Crippen molar-refractivity contribution in [3.05, 3.63) is 29.6 Å². The Labute approximate surface area is 175 Å². The average molecular weight is 437 g/mol. The van der Waals surface area contributed by atoms with Crippen molar-refractivity contribution in [3.63, 3.8) is 0 Å². The minimum absolute atomic E-state index is 0.0750. The van der Waals surface area contributed by atoms with Crippen molar-refractivity contribution in [2.75, 3.05) is 24.5 Å². The van der Waals surface area contributed by atoms with Gasteiger partial charge < -0.3 is 19.5 Å². The molecule has 1 atom stereocenters. The Balaban J connectivity index is 1.69. The topological polar surface area (TPSA) is 117 Å². The second kappa shape index (κ2) is 9.70. The monoisotopic (exact) mass is 437 g/mol. The van der Waals surface area contributed by atoms with Gasteiger partial charge in [-0.2, -0.15) is 9.36 Å². The molecule has 0 bridgehead atoms. The summed E-state index contributed by atoms with van der Waals surface area (Å²) in [5.74, 6) is 0.0319. The first-order valence-electron chi connectivity index (χ1n) is 8.79. The van der Waals surface area contributed by atoms with Crippen molar-refractivity contribution in [3.8, 4) is 11.5 Å². The zero-order valence-corrected chi connectivity index (χ0v) is 17.4. The highest BCUT2D eigenvalue weighted by Crippen LogP contribution is 2.33. The first kappa shape index (κ1) is 21.1. The number of fused-ring (bicyclic) bond motifs is 1. The lowest BCUT2D eigenvalue weighted by atomic mass is 10.00. The molecule has 9 nitrogen and oxygen atoms in total. The summed E-state index contributed by atoms with van der Waals surface area (Å²) >= 11 is 1.97. The van der Waals surface area contributed by atoms with E-state index in [1.165, 1.54) is 6.92 Å². The standard InChI is InChI=1S/C18H19N3O6S2/c1-3-25-17(24)15-19-18(29-21-15)20-16(23)12(8-28-10(2)22)6-11-4-5-13-14(7-11)27-9-26-13/h4-5,7,12H,3,6,8-9H2,1-2H3,(H,19,20,21,23). The van der Waals surface area contributed by atoms with Gasteiger partial charge in [0.15, 0.2) is 16.6 Å². The molecule has 1 aliphatic heterocycles. The normalized spacial score (nSPS) is 13.0. The van der Waals surface area contributed by atoms with Crippen LogP contribution < -0.4 is 14.8 Å². The van der Waals surface area contributed by atoms with E-state index in [0.717, 1.165) is 28.9 Å². The Bertz CT molecular complexity index is 917. The lowest BCUT2D eigenvalue weighted by Crippen LogP contribution is -2.27. The molecule has 0 spiro atoms. The third kappa shape index (κ3) is 5.67. The van der Waals surface area contributed by atoms with Gasteiger partial charge in [-0.25, -0.2) is 4.79 Å². The first-order chi connectivity index (χ1) is 14.0. The van der Waals surface area contributed by atoms with E-state index < -0.39 is 11.9 Å². The number of esters is 1. The summed E-state index contributed by atoms with van der Waals surface area (Å²) in [5, 5.41) is 2.79. The Morgan fingerprint density at radius 3 is 2.86 bits per heavy atom. The van der Waals surface area contributed by atoms with Crippen LogP contribution in [0.2, 0.25) is 0 Å². The average Bonchev–Trinajstić information content (AvgIpc) is 3.34. The molecule has 0 fully saturated rings. The SMILES string of the molecule is CCOC(=O)c1nsc(NC(=O)C(CSC(C)=O)Cc2ccc3c(c2)OCO3)n1. The summed E-state index contributed by atoms with van der Waals surface area (Å²) in [6, 6.07) is 5.47. The number of hydrogen-bond donors (Lipinski definition) is 1. The van der Waals surface area contributed by atoms with Crippen molar-refractivity contribution in [1.82, 2.24) is 9.36 Å². The Morgan fingerprint density at radius 1 is 1.31 bits per heavy atom. The summed E-state index contributed by atoms with van der Waals surface area (Å²) in [6.45, 7) is 3.51. The van der Waals surface area contributed by atoms with Gasteiger partial charge in [-0.05, 0) is 31.0 Å². The van der Waals surface area contributed by atoms with Crippen LogP contribution in [-0.4, -0.2) is 45.5 Å². The van der Waals surface area contributed by atoms with Crippen LogP contribution in [-0.2, 0) is 20.7 Å².